The third kappa shape index (κ3) is 3.07. The molecule has 0 amide bonds. The minimum absolute atomic E-state index is 0.452. The fourth-order valence-electron chi connectivity index (χ4n) is 2.95. The van der Waals surface area contributed by atoms with Gasteiger partial charge in [0.05, 0.1) is 30.7 Å². The third-order valence-electron chi connectivity index (χ3n) is 4.11. The van der Waals surface area contributed by atoms with Crippen molar-refractivity contribution >= 4 is 11.4 Å². The average molecular weight is 276 g/mol. The normalized spacial score (nSPS) is 26.1. The molecule has 0 spiro atoms. The number of anilines is 2. The summed E-state index contributed by atoms with van der Waals surface area (Å²) >= 11 is 0. The van der Waals surface area contributed by atoms with Crippen LogP contribution >= 0.6 is 0 Å². The second-order valence-electron chi connectivity index (χ2n) is 5.51. The number of para-hydroxylation sites is 2. The van der Waals surface area contributed by atoms with Gasteiger partial charge in [-0.1, -0.05) is 12.1 Å². The van der Waals surface area contributed by atoms with E-state index in [0.717, 1.165) is 45.8 Å². The monoisotopic (exact) mass is 276 g/mol. The number of benzene rings is 1. The summed E-state index contributed by atoms with van der Waals surface area (Å²) in [5, 5.41) is 3.67. The molecule has 0 bridgehead atoms. The Balaban J connectivity index is 1.61. The van der Waals surface area contributed by atoms with Gasteiger partial charge >= 0.3 is 0 Å². The van der Waals surface area contributed by atoms with Crippen molar-refractivity contribution in [3.63, 3.8) is 0 Å². The van der Waals surface area contributed by atoms with Crippen LogP contribution in [0, 0.1) is 0 Å². The molecule has 1 aliphatic heterocycles. The molecular formula is C16H24N2O2. The molecule has 110 valence electrons. The van der Waals surface area contributed by atoms with E-state index in [-0.39, 0.29) is 0 Å². The molecule has 4 nitrogen and oxygen atoms in total. The van der Waals surface area contributed by atoms with E-state index < -0.39 is 0 Å². The SMILES string of the molecule is CCOC1CC(Nc2ccccc2N2CCOCC2)C1. The lowest BCUT2D eigenvalue weighted by atomic mass is 9.89. The van der Waals surface area contributed by atoms with Gasteiger partial charge in [-0.3, -0.25) is 0 Å². The summed E-state index contributed by atoms with van der Waals surface area (Å²) in [6.07, 6.45) is 2.68. The predicted octanol–water partition coefficient (Wildman–Crippen LogP) is 2.50. The summed E-state index contributed by atoms with van der Waals surface area (Å²) in [5.41, 5.74) is 2.55. The third-order valence-corrected chi connectivity index (χ3v) is 4.11. The Kier molecular flexibility index (Phi) is 4.43. The van der Waals surface area contributed by atoms with Crippen molar-refractivity contribution in [3.05, 3.63) is 24.3 Å². The zero-order chi connectivity index (χ0) is 13.8. The van der Waals surface area contributed by atoms with E-state index in [1.807, 2.05) is 0 Å². The first-order chi connectivity index (χ1) is 9.86. The van der Waals surface area contributed by atoms with Gasteiger partial charge in [-0.25, -0.2) is 0 Å². The van der Waals surface area contributed by atoms with Gasteiger partial charge in [0.2, 0.25) is 0 Å². The molecule has 2 aliphatic rings. The fraction of sp³-hybridized carbons (Fsp3) is 0.625. The maximum atomic E-state index is 5.63. The van der Waals surface area contributed by atoms with Crippen LogP contribution < -0.4 is 10.2 Å². The lowest BCUT2D eigenvalue weighted by molar-refractivity contribution is 0.00300. The van der Waals surface area contributed by atoms with E-state index in [2.05, 4.69) is 41.4 Å². The smallest absolute Gasteiger partial charge is 0.0642 e. The fourth-order valence-corrected chi connectivity index (χ4v) is 2.95. The van der Waals surface area contributed by atoms with Gasteiger partial charge in [-0.05, 0) is 31.9 Å². The van der Waals surface area contributed by atoms with Gasteiger partial charge < -0.3 is 19.7 Å². The van der Waals surface area contributed by atoms with Crippen LogP contribution in [0.25, 0.3) is 0 Å². The van der Waals surface area contributed by atoms with Crippen molar-refractivity contribution in [1.29, 1.82) is 0 Å². The van der Waals surface area contributed by atoms with Crippen LogP contribution in [-0.2, 0) is 9.47 Å². The van der Waals surface area contributed by atoms with Crippen molar-refractivity contribution < 1.29 is 9.47 Å². The van der Waals surface area contributed by atoms with Crippen molar-refractivity contribution in [3.8, 4) is 0 Å². The molecule has 4 heteroatoms. The molecule has 1 N–H and O–H groups in total. The number of nitrogens with zero attached hydrogens (tertiary/aromatic N) is 1. The summed E-state index contributed by atoms with van der Waals surface area (Å²) in [6.45, 7) is 6.49. The number of ether oxygens (including phenoxy) is 2. The molecular weight excluding hydrogens is 252 g/mol. The van der Waals surface area contributed by atoms with Crippen LogP contribution in [0.15, 0.2) is 24.3 Å². The van der Waals surface area contributed by atoms with Crippen LogP contribution in [0.3, 0.4) is 0 Å². The summed E-state index contributed by atoms with van der Waals surface area (Å²) in [5.74, 6) is 0. The molecule has 0 aromatic heterocycles. The molecule has 1 heterocycles. The van der Waals surface area contributed by atoms with E-state index in [0.29, 0.717) is 12.1 Å². The maximum Gasteiger partial charge on any atom is 0.0642 e. The summed E-state index contributed by atoms with van der Waals surface area (Å²) in [7, 11) is 0. The first-order valence-corrected chi connectivity index (χ1v) is 7.66. The summed E-state index contributed by atoms with van der Waals surface area (Å²) < 4.78 is 11.1. The number of hydrogen-bond donors (Lipinski definition) is 1. The standard InChI is InChI=1S/C16H24N2O2/c1-2-20-14-11-13(12-14)17-15-5-3-4-6-16(15)18-7-9-19-10-8-18/h3-6,13-14,17H,2,7-12H2,1H3. The molecule has 1 saturated heterocycles. The van der Waals surface area contributed by atoms with Crippen LogP contribution in [0.5, 0.6) is 0 Å². The highest BCUT2D eigenvalue weighted by molar-refractivity contribution is 5.70. The minimum Gasteiger partial charge on any atom is -0.380 e. The van der Waals surface area contributed by atoms with Crippen LogP contribution in [0.2, 0.25) is 0 Å². The van der Waals surface area contributed by atoms with E-state index in [1.165, 1.54) is 11.4 Å². The zero-order valence-corrected chi connectivity index (χ0v) is 12.2. The highest BCUT2D eigenvalue weighted by atomic mass is 16.5. The number of nitrogens with one attached hydrogen (secondary N) is 1. The zero-order valence-electron chi connectivity index (χ0n) is 12.2. The Morgan fingerprint density at radius 2 is 2.00 bits per heavy atom. The van der Waals surface area contributed by atoms with Crippen molar-refractivity contribution in [2.75, 3.05) is 43.1 Å². The van der Waals surface area contributed by atoms with Crippen molar-refractivity contribution in [2.45, 2.75) is 31.9 Å². The van der Waals surface area contributed by atoms with Crippen LogP contribution in [-0.4, -0.2) is 45.1 Å². The van der Waals surface area contributed by atoms with Gasteiger partial charge in [0, 0.05) is 25.7 Å². The minimum atomic E-state index is 0.452. The Morgan fingerprint density at radius 1 is 1.25 bits per heavy atom. The van der Waals surface area contributed by atoms with Gasteiger partial charge in [0.1, 0.15) is 0 Å². The highest BCUT2D eigenvalue weighted by Crippen LogP contribution is 2.32. The summed E-state index contributed by atoms with van der Waals surface area (Å²) in [4.78, 5) is 2.41. The van der Waals surface area contributed by atoms with E-state index in [9.17, 15) is 0 Å². The van der Waals surface area contributed by atoms with E-state index in [4.69, 9.17) is 9.47 Å². The molecule has 20 heavy (non-hydrogen) atoms. The Labute approximate surface area is 121 Å². The van der Waals surface area contributed by atoms with Gasteiger partial charge in [-0.2, -0.15) is 0 Å². The molecule has 0 unspecified atom stereocenters. The quantitative estimate of drug-likeness (QED) is 0.896. The van der Waals surface area contributed by atoms with E-state index in [1.54, 1.807) is 0 Å². The highest BCUT2D eigenvalue weighted by Gasteiger charge is 2.30. The van der Waals surface area contributed by atoms with Gasteiger partial charge in [0.25, 0.3) is 0 Å². The second-order valence-corrected chi connectivity index (χ2v) is 5.51. The average Bonchev–Trinajstić information content (AvgIpc) is 2.46. The van der Waals surface area contributed by atoms with E-state index >= 15 is 0 Å². The van der Waals surface area contributed by atoms with Gasteiger partial charge in [-0.15, -0.1) is 0 Å². The first-order valence-electron chi connectivity index (χ1n) is 7.66. The molecule has 1 aromatic rings. The Bertz CT molecular complexity index is 426. The molecule has 0 atom stereocenters. The van der Waals surface area contributed by atoms with Crippen molar-refractivity contribution in [1.82, 2.24) is 0 Å². The van der Waals surface area contributed by atoms with Crippen LogP contribution in [0.1, 0.15) is 19.8 Å². The summed E-state index contributed by atoms with van der Waals surface area (Å²) in [6, 6.07) is 9.14. The number of rotatable bonds is 5. The topological polar surface area (TPSA) is 33.7 Å². The lowest BCUT2D eigenvalue weighted by Gasteiger charge is -2.38. The molecule has 3 rings (SSSR count). The number of hydrogen-bond acceptors (Lipinski definition) is 4. The van der Waals surface area contributed by atoms with Crippen LogP contribution in [0.4, 0.5) is 11.4 Å². The number of morpholine rings is 1. The molecule has 1 aliphatic carbocycles. The second kappa shape index (κ2) is 6.46. The molecule has 0 radical (unpaired) electrons. The maximum absolute atomic E-state index is 5.63. The largest absolute Gasteiger partial charge is 0.380 e. The first kappa shape index (κ1) is 13.7. The predicted molar refractivity (Wildman–Crippen MR) is 81.5 cm³/mol. The Morgan fingerprint density at radius 3 is 2.75 bits per heavy atom. The lowest BCUT2D eigenvalue weighted by Crippen LogP contribution is -2.42. The molecule has 2 fully saturated rings. The Hall–Kier alpha value is -1.26. The molecule has 1 aromatic carbocycles. The molecule has 1 saturated carbocycles. The van der Waals surface area contributed by atoms with Gasteiger partial charge in [0.15, 0.2) is 0 Å². The van der Waals surface area contributed by atoms with Crippen molar-refractivity contribution in [2.24, 2.45) is 0 Å².